The van der Waals surface area contributed by atoms with Gasteiger partial charge in [-0.25, -0.2) is 4.79 Å². The fourth-order valence-electron chi connectivity index (χ4n) is 2.15. The summed E-state index contributed by atoms with van der Waals surface area (Å²) in [6, 6.07) is 15.0. The fraction of sp³-hybridized carbons (Fsp3) is 0.316. The molecule has 0 saturated carbocycles. The van der Waals surface area contributed by atoms with E-state index in [1.807, 2.05) is 24.3 Å². The molecule has 0 aliphatic rings. The first-order valence-corrected chi connectivity index (χ1v) is 7.93. The van der Waals surface area contributed by atoms with E-state index in [0.29, 0.717) is 12.1 Å². The van der Waals surface area contributed by atoms with E-state index in [2.05, 4.69) is 24.4 Å². The maximum absolute atomic E-state index is 10.8. The van der Waals surface area contributed by atoms with Crippen LogP contribution in [0.2, 0.25) is 0 Å². The van der Waals surface area contributed by atoms with E-state index in [9.17, 15) is 4.79 Å². The lowest BCUT2D eigenvalue weighted by molar-refractivity contribution is 0.0697. The van der Waals surface area contributed by atoms with Crippen LogP contribution >= 0.6 is 0 Å². The minimum absolute atomic E-state index is 0.312. The number of hydrogen-bond acceptors (Lipinski definition) is 3. The fourth-order valence-corrected chi connectivity index (χ4v) is 2.15. The zero-order valence-corrected chi connectivity index (χ0v) is 13.4. The Hall–Kier alpha value is -2.33. The molecule has 2 rings (SSSR count). The third kappa shape index (κ3) is 5.75. The average Bonchev–Trinajstić information content (AvgIpc) is 2.57. The standard InChI is InChI=1S/C19H23NO3/c1-2-3-12-23-18-10-6-16(7-11-18)14-20-13-15-4-8-17(9-5-15)19(21)22/h4-11,20H,2-3,12-14H2,1H3,(H,21,22). The predicted molar refractivity (Wildman–Crippen MR) is 90.8 cm³/mol. The van der Waals surface area contributed by atoms with Crippen molar-refractivity contribution in [3.63, 3.8) is 0 Å². The molecule has 122 valence electrons. The van der Waals surface area contributed by atoms with Crippen molar-refractivity contribution in [2.75, 3.05) is 6.61 Å². The summed E-state index contributed by atoms with van der Waals surface area (Å²) in [5, 5.41) is 12.2. The van der Waals surface area contributed by atoms with Crippen LogP contribution in [-0.2, 0) is 13.1 Å². The molecule has 4 nitrogen and oxygen atoms in total. The molecule has 0 atom stereocenters. The minimum Gasteiger partial charge on any atom is -0.494 e. The quantitative estimate of drug-likeness (QED) is 0.690. The minimum atomic E-state index is -0.897. The van der Waals surface area contributed by atoms with Gasteiger partial charge in [-0.05, 0) is 41.8 Å². The van der Waals surface area contributed by atoms with Gasteiger partial charge in [-0.3, -0.25) is 0 Å². The average molecular weight is 313 g/mol. The molecule has 2 aromatic rings. The van der Waals surface area contributed by atoms with Crippen LogP contribution in [0.3, 0.4) is 0 Å². The Morgan fingerprint density at radius 1 is 1.00 bits per heavy atom. The zero-order valence-electron chi connectivity index (χ0n) is 13.4. The number of nitrogens with one attached hydrogen (secondary N) is 1. The lowest BCUT2D eigenvalue weighted by Gasteiger charge is -2.08. The van der Waals surface area contributed by atoms with Gasteiger partial charge in [-0.15, -0.1) is 0 Å². The largest absolute Gasteiger partial charge is 0.494 e. The van der Waals surface area contributed by atoms with Crippen molar-refractivity contribution in [2.24, 2.45) is 0 Å². The van der Waals surface area contributed by atoms with Gasteiger partial charge < -0.3 is 15.2 Å². The summed E-state index contributed by atoms with van der Waals surface area (Å²) in [6.45, 7) is 4.37. The smallest absolute Gasteiger partial charge is 0.335 e. The molecule has 0 aliphatic heterocycles. The van der Waals surface area contributed by atoms with Crippen molar-refractivity contribution in [2.45, 2.75) is 32.9 Å². The molecule has 23 heavy (non-hydrogen) atoms. The zero-order chi connectivity index (χ0) is 16.5. The van der Waals surface area contributed by atoms with E-state index in [-0.39, 0.29) is 0 Å². The van der Waals surface area contributed by atoms with Crippen LogP contribution in [0.25, 0.3) is 0 Å². The highest BCUT2D eigenvalue weighted by Gasteiger charge is 2.01. The first-order valence-electron chi connectivity index (χ1n) is 7.93. The molecule has 0 fully saturated rings. The van der Waals surface area contributed by atoms with Gasteiger partial charge in [0.1, 0.15) is 5.75 Å². The molecule has 0 radical (unpaired) electrons. The van der Waals surface area contributed by atoms with Crippen LogP contribution < -0.4 is 10.1 Å². The third-order valence-corrected chi connectivity index (χ3v) is 3.55. The van der Waals surface area contributed by atoms with E-state index < -0.39 is 5.97 Å². The Morgan fingerprint density at radius 3 is 2.09 bits per heavy atom. The molecule has 0 bridgehead atoms. The van der Waals surface area contributed by atoms with E-state index in [0.717, 1.165) is 37.3 Å². The van der Waals surface area contributed by atoms with Gasteiger partial charge in [0, 0.05) is 13.1 Å². The molecule has 0 amide bonds. The topological polar surface area (TPSA) is 58.6 Å². The van der Waals surface area contributed by atoms with Crippen molar-refractivity contribution >= 4 is 5.97 Å². The number of carboxylic acid groups (broad SMARTS) is 1. The summed E-state index contributed by atoms with van der Waals surface area (Å²) in [4.78, 5) is 10.8. The highest BCUT2D eigenvalue weighted by atomic mass is 16.5. The van der Waals surface area contributed by atoms with E-state index >= 15 is 0 Å². The highest BCUT2D eigenvalue weighted by molar-refractivity contribution is 5.87. The molecular formula is C19H23NO3. The highest BCUT2D eigenvalue weighted by Crippen LogP contribution is 2.13. The molecule has 0 heterocycles. The molecule has 0 spiro atoms. The van der Waals surface area contributed by atoms with Gasteiger partial charge in [-0.2, -0.15) is 0 Å². The number of hydrogen-bond donors (Lipinski definition) is 2. The Morgan fingerprint density at radius 2 is 1.57 bits per heavy atom. The van der Waals surface area contributed by atoms with Crippen LogP contribution in [0.1, 0.15) is 41.3 Å². The molecule has 0 aliphatic carbocycles. The maximum atomic E-state index is 10.8. The Labute approximate surface area is 137 Å². The SMILES string of the molecule is CCCCOc1ccc(CNCc2ccc(C(=O)O)cc2)cc1. The molecule has 0 unspecified atom stereocenters. The first-order chi connectivity index (χ1) is 11.2. The molecule has 0 saturated heterocycles. The Kier molecular flexibility index (Phi) is 6.63. The number of benzene rings is 2. The number of aromatic carboxylic acids is 1. The van der Waals surface area contributed by atoms with Crippen LogP contribution in [0.15, 0.2) is 48.5 Å². The molecular weight excluding hydrogens is 290 g/mol. The second kappa shape index (κ2) is 8.96. The van der Waals surface area contributed by atoms with Crippen LogP contribution in [-0.4, -0.2) is 17.7 Å². The summed E-state index contributed by atoms with van der Waals surface area (Å²) in [7, 11) is 0. The van der Waals surface area contributed by atoms with Crippen LogP contribution in [0.5, 0.6) is 5.75 Å². The summed E-state index contributed by atoms with van der Waals surface area (Å²) >= 11 is 0. The summed E-state index contributed by atoms with van der Waals surface area (Å²) in [5.41, 5.74) is 2.57. The van der Waals surface area contributed by atoms with Crippen molar-refractivity contribution in [1.29, 1.82) is 0 Å². The monoisotopic (exact) mass is 313 g/mol. The van der Waals surface area contributed by atoms with Crippen LogP contribution in [0.4, 0.5) is 0 Å². The van der Waals surface area contributed by atoms with E-state index in [1.165, 1.54) is 5.56 Å². The number of rotatable bonds is 9. The Bertz CT molecular complexity index is 606. The van der Waals surface area contributed by atoms with Crippen LogP contribution in [0, 0.1) is 0 Å². The Balaban J connectivity index is 1.76. The van der Waals surface area contributed by atoms with Gasteiger partial charge in [-0.1, -0.05) is 37.6 Å². The number of ether oxygens (including phenoxy) is 1. The van der Waals surface area contributed by atoms with Crippen molar-refractivity contribution in [3.05, 3.63) is 65.2 Å². The summed E-state index contributed by atoms with van der Waals surface area (Å²) in [5.74, 6) is 0.0113. The van der Waals surface area contributed by atoms with E-state index in [4.69, 9.17) is 9.84 Å². The van der Waals surface area contributed by atoms with Gasteiger partial charge in [0.2, 0.25) is 0 Å². The second-order valence-electron chi connectivity index (χ2n) is 5.45. The second-order valence-corrected chi connectivity index (χ2v) is 5.45. The predicted octanol–water partition coefficient (Wildman–Crippen LogP) is 3.85. The van der Waals surface area contributed by atoms with Gasteiger partial charge in [0.15, 0.2) is 0 Å². The van der Waals surface area contributed by atoms with E-state index in [1.54, 1.807) is 12.1 Å². The van der Waals surface area contributed by atoms with Gasteiger partial charge >= 0.3 is 5.97 Å². The number of unbranched alkanes of at least 4 members (excludes halogenated alkanes) is 1. The first kappa shape index (κ1) is 17.0. The molecule has 2 N–H and O–H groups in total. The van der Waals surface area contributed by atoms with Crippen molar-refractivity contribution in [3.8, 4) is 5.75 Å². The van der Waals surface area contributed by atoms with Crippen molar-refractivity contribution in [1.82, 2.24) is 5.32 Å². The normalized spacial score (nSPS) is 10.5. The summed E-state index contributed by atoms with van der Waals surface area (Å²) < 4.78 is 5.64. The lowest BCUT2D eigenvalue weighted by Crippen LogP contribution is -2.12. The third-order valence-electron chi connectivity index (χ3n) is 3.55. The lowest BCUT2D eigenvalue weighted by atomic mass is 10.1. The molecule has 4 heteroatoms. The molecule has 0 aromatic heterocycles. The molecule has 2 aromatic carbocycles. The van der Waals surface area contributed by atoms with Crippen molar-refractivity contribution < 1.29 is 14.6 Å². The maximum Gasteiger partial charge on any atom is 0.335 e. The number of carbonyl (C=O) groups is 1. The van der Waals surface area contributed by atoms with Gasteiger partial charge in [0.05, 0.1) is 12.2 Å². The number of carboxylic acids is 1. The summed E-state index contributed by atoms with van der Waals surface area (Å²) in [6.07, 6.45) is 2.21. The van der Waals surface area contributed by atoms with Gasteiger partial charge in [0.25, 0.3) is 0 Å².